The Labute approximate surface area is 97.9 Å². The fraction of sp³-hybridized carbons (Fsp3) is 0.182. The predicted octanol–water partition coefficient (Wildman–Crippen LogP) is 2.37. The monoisotopic (exact) mass is 235 g/mol. The normalized spacial score (nSPS) is 10.3. The van der Waals surface area contributed by atoms with Crippen molar-refractivity contribution < 1.29 is 4.74 Å². The van der Waals surface area contributed by atoms with E-state index in [1.54, 1.807) is 0 Å². The van der Waals surface area contributed by atoms with E-state index in [-0.39, 0.29) is 0 Å². The molecule has 0 atom stereocenters. The summed E-state index contributed by atoms with van der Waals surface area (Å²) in [6.45, 7) is 2.62. The average Bonchev–Trinajstić information content (AvgIpc) is 2.59. The van der Waals surface area contributed by atoms with Crippen molar-refractivity contribution >= 4 is 22.3 Å². The van der Waals surface area contributed by atoms with Crippen LogP contribution in [0.2, 0.25) is 0 Å². The van der Waals surface area contributed by atoms with Crippen molar-refractivity contribution in [3.63, 3.8) is 0 Å². The van der Waals surface area contributed by atoms with Gasteiger partial charge in [-0.1, -0.05) is 11.3 Å². The third-order valence-electron chi connectivity index (χ3n) is 2.10. The molecule has 1 aromatic heterocycles. The number of thiazole rings is 1. The minimum atomic E-state index is 0.478. The van der Waals surface area contributed by atoms with Crippen molar-refractivity contribution in [1.82, 2.24) is 4.98 Å². The van der Waals surface area contributed by atoms with Gasteiger partial charge in [-0.3, -0.25) is 0 Å². The van der Waals surface area contributed by atoms with Crippen molar-refractivity contribution in [2.45, 2.75) is 6.92 Å². The average molecular weight is 235 g/mol. The summed E-state index contributed by atoms with van der Waals surface area (Å²) in [6, 6.07) is 7.73. The van der Waals surface area contributed by atoms with Gasteiger partial charge in [0.1, 0.15) is 11.6 Å². The number of nitrogens with zero attached hydrogens (tertiary/aromatic N) is 1. The number of hydrogen-bond acceptors (Lipinski definition) is 5. The minimum Gasteiger partial charge on any atom is -0.494 e. The van der Waals surface area contributed by atoms with Crippen LogP contribution in [0, 0.1) is 0 Å². The van der Waals surface area contributed by atoms with Crippen molar-refractivity contribution in [3.8, 4) is 16.2 Å². The van der Waals surface area contributed by atoms with E-state index in [4.69, 9.17) is 16.2 Å². The topological polar surface area (TPSA) is 74.2 Å². The molecule has 0 saturated heterocycles. The van der Waals surface area contributed by atoms with Gasteiger partial charge in [-0.2, -0.15) is 0 Å². The van der Waals surface area contributed by atoms with E-state index in [0.29, 0.717) is 17.6 Å². The highest BCUT2D eigenvalue weighted by molar-refractivity contribution is 7.19. The van der Waals surface area contributed by atoms with E-state index in [1.165, 1.54) is 11.3 Å². The van der Waals surface area contributed by atoms with Gasteiger partial charge in [-0.15, -0.1) is 0 Å². The summed E-state index contributed by atoms with van der Waals surface area (Å²) in [5.74, 6) is 1.33. The molecule has 16 heavy (non-hydrogen) atoms. The number of benzene rings is 1. The Kier molecular flexibility index (Phi) is 2.96. The zero-order valence-electron chi connectivity index (χ0n) is 8.93. The first kappa shape index (κ1) is 10.8. The van der Waals surface area contributed by atoms with Gasteiger partial charge in [-0.25, -0.2) is 4.98 Å². The molecule has 4 nitrogen and oxygen atoms in total. The van der Waals surface area contributed by atoms with Gasteiger partial charge < -0.3 is 16.2 Å². The van der Waals surface area contributed by atoms with Crippen LogP contribution in [0.5, 0.6) is 5.75 Å². The van der Waals surface area contributed by atoms with E-state index >= 15 is 0 Å². The van der Waals surface area contributed by atoms with Gasteiger partial charge in [0, 0.05) is 0 Å². The highest BCUT2D eigenvalue weighted by Crippen LogP contribution is 2.34. The first-order chi connectivity index (χ1) is 7.70. The fourth-order valence-electron chi connectivity index (χ4n) is 1.43. The van der Waals surface area contributed by atoms with Crippen LogP contribution in [0.15, 0.2) is 24.3 Å². The molecule has 0 spiro atoms. The molecule has 2 aromatic rings. The standard InChI is InChI=1S/C11H13N3OS/c1-2-15-8-5-3-7(4-6-8)9-10(12)14-11(13)16-9/h3-6H,2,12H2,1H3,(H2,13,14). The van der Waals surface area contributed by atoms with Gasteiger partial charge in [0.15, 0.2) is 5.13 Å². The molecule has 0 aliphatic heterocycles. The molecule has 0 unspecified atom stereocenters. The fourth-order valence-corrected chi connectivity index (χ4v) is 2.18. The van der Waals surface area contributed by atoms with E-state index in [9.17, 15) is 0 Å². The van der Waals surface area contributed by atoms with E-state index in [2.05, 4.69) is 4.98 Å². The van der Waals surface area contributed by atoms with E-state index in [0.717, 1.165) is 16.2 Å². The lowest BCUT2D eigenvalue weighted by atomic mass is 10.2. The molecular formula is C11H13N3OS. The Bertz CT molecular complexity index is 478. The number of rotatable bonds is 3. The number of aromatic nitrogens is 1. The van der Waals surface area contributed by atoms with Crippen molar-refractivity contribution in [3.05, 3.63) is 24.3 Å². The second-order valence-corrected chi connectivity index (χ2v) is 4.25. The second-order valence-electron chi connectivity index (χ2n) is 3.22. The Morgan fingerprint density at radius 1 is 1.25 bits per heavy atom. The molecule has 0 bridgehead atoms. The Morgan fingerprint density at radius 3 is 2.44 bits per heavy atom. The van der Waals surface area contributed by atoms with Crippen LogP contribution >= 0.6 is 11.3 Å². The molecule has 5 heteroatoms. The highest BCUT2D eigenvalue weighted by atomic mass is 32.1. The van der Waals surface area contributed by atoms with Crippen molar-refractivity contribution in [1.29, 1.82) is 0 Å². The molecular weight excluding hydrogens is 222 g/mol. The minimum absolute atomic E-state index is 0.478. The molecule has 0 amide bonds. The summed E-state index contributed by atoms with van der Waals surface area (Å²) in [5, 5.41) is 0.487. The Morgan fingerprint density at radius 2 is 1.94 bits per heavy atom. The van der Waals surface area contributed by atoms with Gasteiger partial charge >= 0.3 is 0 Å². The summed E-state index contributed by atoms with van der Waals surface area (Å²) in [5.41, 5.74) is 12.4. The number of ether oxygens (including phenoxy) is 1. The molecule has 84 valence electrons. The molecule has 1 heterocycles. The molecule has 2 rings (SSSR count). The van der Waals surface area contributed by atoms with Crippen LogP contribution in [0.4, 0.5) is 10.9 Å². The quantitative estimate of drug-likeness (QED) is 0.856. The molecule has 0 radical (unpaired) electrons. The van der Waals surface area contributed by atoms with Gasteiger partial charge in [0.25, 0.3) is 0 Å². The summed E-state index contributed by atoms with van der Waals surface area (Å²) < 4.78 is 5.36. The predicted molar refractivity (Wildman–Crippen MR) is 67.5 cm³/mol. The Balaban J connectivity index is 2.31. The van der Waals surface area contributed by atoms with Crippen LogP contribution in [0.1, 0.15) is 6.92 Å². The maximum atomic E-state index is 5.76. The largest absolute Gasteiger partial charge is 0.494 e. The molecule has 0 aliphatic carbocycles. The molecule has 1 aromatic carbocycles. The second kappa shape index (κ2) is 4.40. The molecule has 0 aliphatic rings. The van der Waals surface area contributed by atoms with Gasteiger partial charge in [0.05, 0.1) is 11.5 Å². The number of hydrogen-bond donors (Lipinski definition) is 2. The third-order valence-corrected chi connectivity index (χ3v) is 3.05. The zero-order valence-corrected chi connectivity index (χ0v) is 9.75. The lowest BCUT2D eigenvalue weighted by Gasteiger charge is -2.03. The Hall–Kier alpha value is -1.75. The SMILES string of the molecule is CCOc1ccc(-c2sc(N)nc2N)cc1. The molecule has 0 saturated carbocycles. The first-order valence-corrected chi connectivity index (χ1v) is 5.77. The number of anilines is 2. The van der Waals surface area contributed by atoms with Crippen LogP contribution in [-0.4, -0.2) is 11.6 Å². The summed E-state index contributed by atoms with van der Waals surface area (Å²) >= 11 is 1.39. The maximum Gasteiger partial charge on any atom is 0.182 e. The lowest BCUT2D eigenvalue weighted by Crippen LogP contribution is -1.91. The van der Waals surface area contributed by atoms with Crippen molar-refractivity contribution in [2.75, 3.05) is 18.1 Å². The van der Waals surface area contributed by atoms with Gasteiger partial charge in [0.2, 0.25) is 0 Å². The molecule has 0 fully saturated rings. The lowest BCUT2D eigenvalue weighted by molar-refractivity contribution is 0.340. The summed E-state index contributed by atoms with van der Waals surface area (Å²) in [6.07, 6.45) is 0. The summed E-state index contributed by atoms with van der Waals surface area (Å²) in [4.78, 5) is 4.89. The summed E-state index contributed by atoms with van der Waals surface area (Å²) in [7, 11) is 0. The first-order valence-electron chi connectivity index (χ1n) is 4.95. The number of nitrogen functional groups attached to an aromatic ring is 2. The smallest absolute Gasteiger partial charge is 0.182 e. The third kappa shape index (κ3) is 2.09. The zero-order chi connectivity index (χ0) is 11.5. The van der Waals surface area contributed by atoms with Crippen LogP contribution in [0.25, 0.3) is 10.4 Å². The van der Waals surface area contributed by atoms with Gasteiger partial charge in [-0.05, 0) is 36.8 Å². The van der Waals surface area contributed by atoms with Crippen LogP contribution in [-0.2, 0) is 0 Å². The highest BCUT2D eigenvalue weighted by Gasteiger charge is 2.08. The van der Waals surface area contributed by atoms with E-state index < -0.39 is 0 Å². The van der Waals surface area contributed by atoms with E-state index in [1.807, 2.05) is 31.2 Å². The number of nitrogens with two attached hydrogens (primary N) is 2. The van der Waals surface area contributed by atoms with Crippen LogP contribution in [0.3, 0.4) is 0 Å². The van der Waals surface area contributed by atoms with Crippen LogP contribution < -0.4 is 16.2 Å². The maximum absolute atomic E-state index is 5.76. The molecule has 4 N–H and O–H groups in total. The van der Waals surface area contributed by atoms with Crippen molar-refractivity contribution in [2.24, 2.45) is 0 Å².